The molecule has 14 heteroatoms. The van der Waals surface area contributed by atoms with Crippen LogP contribution in [0.4, 0.5) is 0 Å². The molecule has 0 saturated carbocycles. The first kappa shape index (κ1) is 58.2. The first-order valence-electron chi connectivity index (χ1n) is 19.5. The van der Waals surface area contributed by atoms with Crippen molar-refractivity contribution < 1.29 is 68.5 Å². The maximum absolute atomic E-state index is 9.35. The predicted molar refractivity (Wildman–Crippen MR) is 204 cm³/mol. The molecule has 0 saturated heterocycles. The molecule has 0 radical (unpaired) electrons. The summed E-state index contributed by atoms with van der Waals surface area (Å²) in [6.45, 7) is 24.8. The lowest BCUT2D eigenvalue weighted by molar-refractivity contribution is -0.163. The summed E-state index contributed by atoms with van der Waals surface area (Å²) in [5.41, 5.74) is 0. The zero-order valence-corrected chi connectivity index (χ0v) is 34.7. The quantitative estimate of drug-likeness (QED) is 0.0428. The SMILES string of the molecule is CCC(C)COC(C)CO.CCC(CO)COC(CO)CO.CCCCOCCO.CCOC(C)OCC(CC)COC(CO)COC(C)OCC. The van der Waals surface area contributed by atoms with Gasteiger partial charge in [-0.1, -0.05) is 47.5 Å². The first-order valence-corrected chi connectivity index (χ1v) is 19.5. The van der Waals surface area contributed by atoms with Gasteiger partial charge in [0.25, 0.3) is 0 Å². The molecule has 0 aliphatic rings. The highest BCUT2D eigenvalue weighted by molar-refractivity contribution is 4.60. The van der Waals surface area contributed by atoms with E-state index in [-0.39, 0.29) is 76.3 Å². The molecule has 0 aromatic carbocycles. The van der Waals surface area contributed by atoms with Gasteiger partial charge in [0.15, 0.2) is 12.6 Å². The molecule has 14 nitrogen and oxygen atoms in total. The highest BCUT2D eigenvalue weighted by Gasteiger charge is 2.16. The lowest BCUT2D eigenvalue weighted by atomic mass is 10.1. The fourth-order valence-corrected chi connectivity index (χ4v) is 3.44. The van der Waals surface area contributed by atoms with Crippen LogP contribution in [0.25, 0.3) is 0 Å². The first-order chi connectivity index (χ1) is 25.0. The van der Waals surface area contributed by atoms with Gasteiger partial charge >= 0.3 is 0 Å². The molecule has 0 aliphatic heterocycles. The minimum absolute atomic E-state index is 0.00556. The van der Waals surface area contributed by atoms with Crippen molar-refractivity contribution in [1.82, 2.24) is 0 Å². The second-order valence-corrected chi connectivity index (χ2v) is 12.4. The van der Waals surface area contributed by atoms with Gasteiger partial charge in [-0.05, 0) is 59.8 Å². The number of rotatable bonds is 32. The molecule has 7 unspecified atom stereocenters. The second kappa shape index (κ2) is 46.6. The normalized spacial score (nSPS) is 15.2. The third kappa shape index (κ3) is 43.8. The molecule has 0 fully saturated rings. The molecular weight excluding hydrogens is 680 g/mol. The molecule has 6 N–H and O–H groups in total. The molecule has 0 spiro atoms. The van der Waals surface area contributed by atoms with Crippen molar-refractivity contribution in [3.8, 4) is 0 Å². The summed E-state index contributed by atoms with van der Waals surface area (Å²) in [7, 11) is 0. The van der Waals surface area contributed by atoms with Crippen molar-refractivity contribution in [2.75, 3.05) is 99.1 Å². The highest BCUT2D eigenvalue weighted by Crippen LogP contribution is 2.09. The van der Waals surface area contributed by atoms with Crippen LogP contribution in [-0.2, 0) is 37.9 Å². The summed E-state index contributed by atoms with van der Waals surface area (Å²) in [6.07, 6.45) is 3.81. The molecule has 0 heterocycles. The molecular formula is C38H84O14. The molecule has 7 atom stereocenters. The van der Waals surface area contributed by atoms with Crippen LogP contribution in [0, 0.1) is 17.8 Å². The lowest BCUT2D eigenvalue weighted by Gasteiger charge is -2.23. The fourth-order valence-electron chi connectivity index (χ4n) is 3.44. The Hall–Kier alpha value is -0.560. The Morgan fingerprint density at radius 2 is 0.942 bits per heavy atom. The van der Waals surface area contributed by atoms with E-state index in [0.717, 1.165) is 45.3 Å². The minimum Gasteiger partial charge on any atom is -0.396 e. The smallest absolute Gasteiger partial charge is 0.154 e. The van der Waals surface area contributed by atoms with E-state index in [2.05, 4.69) is 27.7 Å². The number of hydrogen-bond acceptors (Lipinski definition) is 14. The van der Waals surface area contributed by atoms with Crippen LogP contribution < -0.4 is 0 Å². The Kier molecular flexibility index (Phi) is 52.1. The van der Waals surface area contributed by atoms with Crippen molar-refractivity contribution in [1.29, 1.82) is 0 Å². The monoisotopic (exact) mass is 765 g/mol. The summed E-state index contributed by atoms with van der Waals surface area (Å²) >= 11 is 0. The van der Waals surface area contributed by atoms with E-state index in [1.807, 2.05) is 41.5 Å². The topological polar surface area (TPSA) is 195 Å². The van der Waals surface area contributed by atoms with Gasteiger partial charge in [0.2, 0.25) is 0 Å². The van der Waals surface area contributed by atoms with Crippen LogP contribution in [0.2, 0.25) is 0 Å². The van der Waals surface area contributed by atoms with Gasteiger partial charge in [0.1, 0.15) is 12.2 Å². The van der Waals surface area contributed by atoms with E-state index in [0.29, 0.717) is 52.2 Å². The van der Waals surface area contributed by atoms with Crippen molar-refractivity contribution in [3.05, 3.63) is 0 Å². The van der Waals surface area contributed by atoms with Gasteiger partial charge in [0.05, 0.1) is 72.2 Å². The fraction of sp³-hybridized carbons (Fsp3) is 1.00. The molecule has 0 rings (SSSR count). The van der Waals surface area contributed by atoms with E-state index in [4.69, 9.17) is 63.4 Å². The largest absolute Gasteiger partial charge is 0.396 e. The van der Waals surface area contributed by atoms with Gasteiger partial charge in [-0.15, -0.1) is 0 Å². The van der Waals surface area contributed by atoms with Gasteiger partial charge in [-0.3, -0.25) is 0 Å². The van der Waals surface area contributed by atoms with Crippen molar-refractivity contribution >= 4 is 0 Å². The number of hydrogen-bond donors (Lipinski definition) is 6. The molecule has 320 valence electrons. The molecule has 52 heavy (non-hydrogen) atoms. The van der Waals surface area contributed by atoms with E-state index >= 15 is 0 Å². The highest BCUT2D eigenvalue weighted by atomic mass is 16.7. The van der Waals surface area contributed by atoms with Crippen LogP contribution in [0.5, 0.6) is 0 Å². The average Bonchev–Trinajstić information content (AvgIpc) is 3.16. The van der Waals surface area contributed by atoms with Gasteiger partial charge in [-0.2, -0.15) is 0 Å². The third-order valence-corrected chi connectivity index (χ3v) is 7.54. The van der Waals surface area contributed by atoms with Crippen molar-refractivity contribution in [3.63, 3.8) is 0 Å². The summed E-state index contributed by atoms with van der Waals surface area (Å²) < 4.78 is 42.8. The maximum atomic E-state index is 9.35. The van der Waals surface area contributed by atoms with Crippen LogP contribution in [0.15, 0.2) is 0 Å². The van der Waals surface area contributed by atoms with Crippen LogP contribution in [-0.4, -0.2) is 161 Å². The zero-order chi connectivity index (χ0) is 40.4. The van der Waals surface area contributed by atoms with Gasteiger partial charge in [-0.25, -0.2) is 0 Å². The Bertz CT molecular complexity index is 577. The predicted octanol–water partition coefficient (Wildman–Crippen LogP) is 3.79. The van der Waals surface area contributed by atoms with Crippen LogP contribution >= 0.6 is 0 Å². The van der Waals surface area contributed by atoms with Gasteiger partial charge < -0.3 is 68.5 Å². The summed E-state index contributed by atoms with van der Waals surface area (Å²) in [5, 5.41) is 52.2. The van der Waals surface area contributed by atoms with Gasteiger partial charge in [0, 0.05) is 44.9 Å². The Balaban J connectivity index is -0.000000324. The minimum atomic E-state index is -0.509. The number of aliphatic hydroxyl groups is 6. The Labute approximate surface area is 317 Å². The van der Waals surface area contributed by atoms with Crippen LogP contribution in [0.3, 0.4) is 0 Å². The van der Waals surface area contributed by atoms with Crippen molar-refractivity contribution in [2.24, 2.45) is 17.8 Å². The van der Waals surface area contributed by atoms with Crippen molar-refractivity contribution in [2.45, 2.75) is 132 Å². The Morgan fingerprint density at radius 3 is 1.37 bits per heavy atom. The third-order valence-electron chi connectivity index (χ3n) is 7.54. The molecule has 0 aromatic rings. The summed E-state index contributed by atoms with van der Waals surface area (Å²) in [4.78, 5) is 0. The molecule has 0 amide bonds. The lowest BCUT2D eigenvalue weighted by Crippen LogP contribution is -2.30. The number of unbranched alkanes of at least 4 members (excludes halogenated alkanes) is 1. The van der Waals surface area contributed by atoms with E-state index in [1.165, 1.54) is 0 Å². The standard InChI is InChI=1S/C16H34O6.C8H18O4.C8H18O2.C6H14O2/c1-6-15(10-20-13(4)18-7-2)11-22-16(9-17)12-21-14(5)19-8-3;1-2-7(3-9)6-12-8(4-10)5-11;1-4-7(2)6-10-8(3)5-9;1-2-3-5-8-6-4-7/h13-17H,6-12H2,1-5H3;7-11H,2-6H2,1H3;7-9H,4-6H2,1-3H3;7H,2-6H2,1H3. The van der Waals surface area contributed by atoms with E-state index in [1.54, 1.807) is 0 Å². The number of aliphatic hydroxyl groups excluding tert-OH is 6. The average molecular weight is 765 g/mol. The van der Waals surface area contributed by atoms with Crippen LogP contribution in [0.1, 0.15) is 101 Å². The van der Waals surface area contributed by atoms with E-state index < -0.39 is 6.10 Å². The Morgan fingerprint density at radius 1 is 0.442 bits per heavy atom. The summed E-state index contributed by atoms with van der Waals surface area (Å²) in [5.74, 6) is 0.973. The molecule has 0 aliphatic carbocycles. The summed E-state index contributed by atoms with van der Waals surface area (Å²) in [6, 6.07) is 0. The zero-order valence-electron chi connectivity index (χ0n) is 34.7. The van der Waals surface area contributed by atoms with E-state index in [9.17, 15) is 5.11 Å². The second-order valence-electron chi connectivity index (χ2n) is 12.4. The molecule has 0 aromatic heterocycles. The maximum Gasteiger partial charge on any atom is 0.154 e. The number of ether oxygens (including phenoxy) is 8. The molecule has 0 bridgehead atoms.